The highest BCUT2D eigenvalue weighted by molar-refractivity contribution is 5.31. The third-order valence-electron chi connectivity index (χ3n) is 7.22. The van der Waals surface area contributed by atoms with Crippen LogP contribution in [0.4, 0.5) is 0 Å². The van der Waals surface area contributed by atoms with Crippen molar-refractivity contribution in [2.24, 2.45) is 11.8 Å². The van der Waals surface area contributed by atoms with Gasteiger partial charge in [0.1, 0.15) is 0 Å². The highest BCUT2D eigenvalue weighted by Crippen LogP contribution is 2.46. The largest absolute Gasteiger partial charge is 0.385 e. The van der Waals surface area contributed by atoms with Crippen molar-refractivity contribution in [3.8, 4) is 0 Å². The molecule has 0 radical (unpaired) electrons. The summed E-state index contributed by atoms with van der Waals surface area (Å²) in [4.78, 5) is 0. The number of benzene rings is 1. The Bertz CT molecular complexity index is 511. The lowest BCUT2D eigenvalue weighted by molar-refractivity contribution is -0.0930. The summed E-state index contributed by atoms with van der Waals surface area (Å²) in [5, 5.41) is 10.7. The van der Waals surface area contributed by atoms with Gasteiger partial charge in [-0.15, -0.1) is 0 Å². The first-order valence-corrected chi connectivity index (χ1v) is 11.0. The van der Waals surface area contributed by atoms with E-state index in [9.17, 15) is 5.11 Å². The van der Waals surface area contributed by atoms with Crippen LogP contribution < -0.4 is 0 Å². The summed E-state index contributed by atoms with van der Waals surface area (Å²) in [6, 6.07) is 9.00. The van der Waals surface area contributed by atoms with Crippen molar-refractivity contribution in [3.05, 3.63) is 35.4 Å². The van der Waals surface area contributed by atoms with Crippen LogP contribution in [0.3, 0.4) is 0 Å². The normalized spacial score (nSPS) is 32.4. The molecule has 2 unspecified atom stereocenters. The minimum atomic E-state index is -0.548. The molecule has 1 aromatic rings. The maximum Gasteiger partial charge on any atom is 0.0922 e. The number of hydrogen-bond acceptors (Lipinski definition) is 1. The third-order valence-corrected chi connectivity index (χ3v) is 7.22. The fraction of sp³-hybridized carbons (Fsp3) is 0.750. The number of rotatable bonds is 8. The minimum absolute atomic E-state index is 0.408. The number of aliphatic hydroxyl groups is 1. The van der Waals surface area contributed by atoms with Crippen molar-refractivity contribution in [2.45, 2.75) is 102 Å². The maximum atomic E-state index is 10.7. The maximum absolute atomic E-state index is 10.7. The van der Waals surface area contributed by atoms with E-state index >= 15 is 0 Å². The second-order valence-corrected chi connectivity index (χ2v) is 8.91. The van der Waals surface area contributed by atoms with E-state index in [1.807, 2.05) is 0 Å². The van der Waals surface area contributed by atoms with E-state index in [0.29, 0.717) is 5.92 Å². The van der Waals surface area contributed by atoms with Crippen molar-refractivity contribution >= 4 is 0 Å². The summed E-state index contributed by atoms with van der Waals surface area (Å²) >= 11 is 0. The summed E-state index contributed by atoms with van der Waals surface area (Å²) in [7, 11) is 0. The smallest absolute Gasteiger partial charge is 0.0922 e. The molecule has 0 aliphatic heterocycles. The molecule has 3 rings (SSSR count). The van der Waals surface area contributed by atoms with E-state index in [1.54, 1.807) is 0 Å². The minimum Gasteiger partial charge on any atom is -0.385 e. The number of unbranched alkanes of at least 4 members (excludes halogenated alkanes) is 4. The zero-order valence-corrected chi connectivity index (χ0v) is 16.5. The van der Waals surface area contributed by atoms with Gasteiger partial charge in [-0.3, -0.25) is 0 Å². The Labute approximate surface area is 155 Å². The van der Waals surface area contributed by atoms with Crippen molar-refractivity contribution in [3.63, 3.8) is 0 Å². The molecule has 0 heterocycles. The standard InChI is InChI=1S/C24H38O/c1-3-4-5-6-7-8-20-9-11-21(12-10-20)22-13-15-23(16-14-22)24(25)18-17-19(24)2/h13-16,19-21,25H,3-12,17-18H2,1-2H3. The van der Waals surface area contributed by atoms with Crippen LogP contribution in [0.5, 0.6) is 0 Å². The SMILES string of the molecule is CCCCCCCC1CCC(c2ccc(C3(O)CCC3C)cc2)CC1. The lowest BCUT2D eigenvalue weighted by Gasteiger charge is -2.44. The molecule has 0 saturated heterocycles. The van der Waals surface area contributed by atoms with E-state index < -0.39 is 5.60 Å². The van der Waals surface area contributed by atoms with E-state index in [0.717, 1.165) is 30.2 Å². The van der Waals surface area contributed by atoms with Crippen molar-refractivity contribution < 1.29 is 5.11 Å². The Hall–Kier alpha value is -0.820. The van der Waals surface area contributed by atoms with E-state index in [4.69, 9.17) is 0 Å². The Balaban J connectivity index is 1.44. The first-order chi connectivity index (χ1) is 12.1. The van der Waals surface area contributed by atoms with Crippen LogP contribution in [0.1, 0.15) is 108 Å². The van der Waals surface area contributed by atoms with Gasteiger partial charge in [-0.05, 0) is 67.4 Å². The average molecular weight is 343 g/mol. The van der Waals surface area contributed by atoms with Crippen molar-refractivity contribution in [1.29, 1.82) is 0 Å². The molecule has 1 nitrogen and oxygen atoms in total. The molecule has 0 amide bonds. The van der Waals surface area contributed by atoms with Crippen LogP contribution in [0, 0.1) is 11.8 Å². The molecule has 0 spiro atoms. The predicted molar refractivity (Wildman–Crippen MR) is 107 cm³/mol. The Morgan fingerprint density at radius 2 is 1.60 bits per heavy atom. The van der Waals surface area contributed by atoms with Gasteiger partial charge >= 0.3 is 0 Å². The quantitative estimate of drug-likeness (QED) is 0.507. The summed E-state index contributed by atoms with van der Waals surface area (Å²) in [5.74, 6) is 2.14. The van der Waals surface area contributed by atoms with Crippen LogP contribution in [-0.2, 0) is 5.60 Å². The van der Waals surface area contributed by atoms with Gasteiger partial charge in [0.05, 0.1) is 5.60 Å². The lowest BCUT2D eigenvalue weighted by Crippen LogP contribution is -2.42. The second-order valence-electron chi connectivity index (χ2n) is 8.91. The monoisotopic (exact) mass is 342 g/mol. The molecule has 1 N–H and O–H groups in total. The average Bonchev–Trinajstić information content (AvgIpc) is 2.66. The molecule has 2 aliphatic rings. The zero-order valence-electron chi connectivity index (χ0n) is 16.5. The van der Waals surface area contributed by atoms with Crippen LogP contribution >= 0.6 is 0 Å². The second kappa shape index (κ2) is 8.71. The van der Waals surface area contributed by atoms with Crippen molar-refractivity contribution in [2.75, 3.05) is 0 Å². The van der Waals surface area contributed by atoms with Crippen molar-refractivity contribution in [1.82, 2.24) is 0 Å². The van der Waals surface area contributed by atoms with Crippen LogP contribution in [0.25, 0.3) is 0 Å². The Kier molecular flexibility index (Phi) is 6.61. The molecule has 25 heavy (non-hydrogen) atoms. The molecule has 0 bridgehead atoms. The van der Waals surface area contributed by atoms with Gasteiger partial charge in [0.15, 0.2) is 0 Å². The summed E-state index contributed by atoms with van der Waals surface area (Å²) in [6.07, 6.45) is 16.2. The molecule has 2 atom stereocenters. The van der Waals surface area contributed by atoms with Gasteiger partial charge in [-0.25, -0.2) is 0 Å². The summed E-state index contributed by atoms with van der Waals surface area (Å²) in [5.41, 5.74) is 2.09. The van der Waals surface area contributed by atoms with Gasteiger partial charge in [0.25, 0.3) is 0 Å². The molecule has 0 aromatic heterocycles. The highest BCUT2D eigenvalue weighted by atomic mass is 16.3. The topological polar surface area (TPSA) is 20.2 Å². The lowest BCUT2D eigenvalue weighted by atomic mass is 9.66. The van der Waals surface area contributed by atoms with Gasteiger partial charge in [0, 0.05) is 0 Å². The van der Waals surface area contributed by atoms with Gasteiger partial charge in [-0.2, -0.15) is 0 Å². The van der Waals surface area contributed by atoms with Crippen LogP contribution in [-0.4, -0.2) is 5.11 Å². The molecule has 2 fully saturated rings. The van der Waals surface area contributed by atoms with Crippen LogP contribution in [0.2, 0.25) is 0 Å². The fourth-order valence-corrected chi connectivity index (χ4v) is 5.00. The summed E-state index contributed by atoms with van der Waals surface area (Å²) < 4.78 is 0. The first kappa shape index (κ1) is 19.0. The number of hydrogen-bond donors (Lipinski definition) is 1. The van der Waals surface area contributed by atoms with Crippen LogP contribution in [0.15, 0.2) is 24.3 Å². The Morgan fingerprint density at radius 1 is 0.920 bits per heavy atom. The molecule has 2 saturated carbocycles. The molecule has 1 aromatic carbocycles. The molecule has 140 valence electrons. The molecule has 1 heteroatoms. The third kappa shape index (κ3) is 4.48. The molecular weight excluding hydrogens is 304 g/mol. The zero-order chi connectivity index (χ0) is 17.7. The summed E-state index contributed by atoms with van der Waals surface area (Å²) in [6.45, 7) is 4.46. The molecule has 2 aliphatic carbocycles. The van der Waals surface area contributed by atoms with E-state index in [2.05, 4.69) is 38.1 Å². The first-order valence-electron chi connectivity index (χ1n) is 11.0. The van der Waals surface area contributed by atoms with E-state index in [-0.39, 0.29) is 0 Å². The predicted octanol–water partition coefficient (Wildman–Crippen LogP) is 6.94. The van der Waals surface area contributed by atoms with Gasteiger partial charge in [-0.1, -0.05) is 76.6 Å². The highest BCUT2D eigenvalue weighted by Gasteiger charge is 2.43. The fourth-order valence-electron chi connectivity index (χ4n) is 5.00. The van der Waals surface area contributed by atoms with Gasteiger partial charge < -0.3 is 5.11 Å². The molecular formula is C24H38O. The van der Waals surface area contributed by atoms with E-state index in [1.165, 1.54) is 69.8 Å². The van der Waals surface area contributed by atoms with Gasteiger partial charge in [0.2, 0.25) is 0 Å². The Morgan fingerprint density at radius 3 is 2.16 bits per heavy atom.